The maximum absolute atomic E-state index is 13.2. The topological polar surface area (TPSA) is 39.2 Å². The van der Waals surface area contributed by atoms with E-state index in [0.29, 0.717) is 16.1 Å². The van der Waals surface area contributed by atoms with E-state index >= 15 is 0 Å². The summed E-state index contributed by atoms with van der Waals surface area (Å²) in [5, 5.41) is 0.599. The van der Waals surface area contributed by atoms with Crippen LogP contribution in [0.5, 0.6) is 0 Å². The van der Waals surface area contributed by atoms with Crippen molar-refractivity contribution < 1.29 is 13.9 Å². The van der Waals surface area contributed by atoms with Crippen molar-refractivity contribution in [3.8, 4) is 11.1 Å². The van der Waals surface area contributed by atoms with Gasteiger partial charge in [0.25, 0.3) is 0 Å². The Kier molecular flexibility index (Phi) is 4.02. The molecule has 0 aliphatic heterocycles. The lowest BCUT2D eigenvalue weighted by molar-refractivity contribution is 0.0601. The zero-order valence-corrected chi connectivity index (χ0v) is 11.3. The summed E-state index contributed by atoms with van der Waals surface area (Å²) in [6.07, 6.45) is 1.22. The molecule has 0 fully saturated rings. The molecule has 0 amide bonds. The van der Waals surface area contributed by atoms with E-state index in [1.54, 1.807) is 18.2 Å². The summed E-state index contributed by atoms with van der Waals surface area (Å²) in [7, 11) is 1.21. The molecule has 0 N–H and O–H groups in total. The third-order valence-electron chi connectivity index (χ3n) is 2.52. The SMILES string of the molecule is COC(=O)c1cc(F)ncc1-c1cccc(Cl)c1Cl. The van der Waals surface area contributed by atoms with E-state index in [-0.39, 0.29) is 10.6 Å². The molecule has 0 bridgehead atoms. The second-order valence-corrected chi connectivity index (χ2v) is 4.43. The highest BCUT2D eigenvalue weighted by molar-refractivity contribution is 6.43. The fourth-order valence-corrected chi connectivity index (χ4v) is 2.04. The summed E-state index contributed by atoms with van der Waals surface area (Å²) < 4.78 is 17.8. The lowest BCUT2D eigenvalue weighted by atomic mass is 10.0. The van der Waals surface area contributed by atoms with E-state index in [4.69, 9.17) is 23.2 Å². The minimum atomic E-state index is -0.776. The minimum absolute atomic E-state index is 0.0409. The van der Waals surface area contributed by atoms with Gasteiger partial charge in [-0.05, 0) is 6.07 Å². The fraction of sp³-hybridized carbons (Fsp3) is 0.0769. The Labute approximate surface area is 118 Å². The molecule has 19 heavy (non-hydrogen) atoms. The molecule has 0 saturated carbocycles. The monoisotopic (exact) mass is 299 g/mol. The van der Waals surface area contributed by atoms with Crippen LogP contribution in [0.2, 0.25) is 10.0 Å². The first-order valence-electron chi connectivity index (χ1n) is 5.23. The molecule has 0 aliphatic carbocycles. The number of esters is 1. The standard InChI is InChI=1S/C13H8Cl2FNO2/c1-19-13(18)8-5-11(16)17-6-9(8)7-3-2-4-10(14)12(7)15/h2-6H,1H3. The fourth-order valence-electron chi connectivity index (χ4n) is 1.64. The van der Waals surface area contributed by atoms with E-state index in [1.165, 1.54) is 13.3 Å². The van der Waals surface area contributed by atoms with Crippen molar-refractivity contribution in [3.63, 3.8) is 0 Å². The number of ether oxygens (including phenoxy) is 1. The lowest BCUT2D eigenvalue weighted by Gasteiger charge is -2.10. The van der Waals surface area contributed by atoms with Gasteiger partial charge in [0, 0.05) is 23.4 Å². The second kappa shape index (κ2) is 5.55. The van der Waals surface area contributed by atoms with Gasteiger partial charge in [0.15, 0.2) is 0 Å². The normalized spacial score (nSPS) is 10.3. The average Bonchev–Trinajstić information content (AvgIpc) is 2.41. The molecule has 6 heteroatoms. The highest BCUT2D eigenvalue weighted by atomic mass is 35.5. The molecule has 1 aromatic heterocycles. The molecule has 2 aromatic rings. The number of hydrogen-bond donors (Lipinski definition) is 0. The first kappa shape index (κ1) is 13.8. The van der Waals surface area contributed by atoms with E-state index in [0.717, 1.165) is 6.07 Å². The van der Waals surface area contributed by atoms with Crippen LogP contribution in [0, 0.1) is 5.95 Å². The molecule has 2 rings (SSSR count). The summed E-state index contributed by atoms with van der Waals surface area (Å²) in [5.74, 6) is -1.45. The van der Waals surface area contributed by atoms with E-state index in [2.05, 4.69) is 9.72 Å². The molecule has 1 heterocycles. The zero-order chi connectivity index (χ0) is 14.0. The Hall–Kier alpha value is -1.65. The van der Waals surface area contributed by atoms with E-state index in [1.807, 2.05) is 0 Å². The lowest BCUT2D eigenvalue weighted by Crippen LogP contribution is -2.05. The van der Waals surface area contributed by atoms with Gasteiger partial charge in [0.05, 0.1) is 22.7 Å². The van der Waals surface area contributed by atoms with Crippen LogP contribution in [-0.2, 0) is 4.74 Å². The molecule has 0 unspecified atom stereocenters. The number of carbonyl (C=O) groups is 1. The smallest absolute Gasteiger partial charge is 0.338 e. The second-order valence-electron chi connectivity index (χ2n) is 3.65. The van der Waals surface area contributed by atoms with Gasteiger partial charge >= 0.3 is 5.97 Å². The van der Waals surface area contributed by atoms with Crippen molar-refractivity contribution in [2.24, 2.45) is 0 Å². The Morgan fingerprint density at radius 1 is 1.32 bits per heavy atom. The van der Waals surface area contributed by atoms with Crippen molar-refractivity contribution in [2.75, 3.05) is 7.11 Å². The Balaban J connectivity index is 2.68. The van der Waals surface area contributed by atoms with Gasteiger partial charge in [0.2, 0.25) is 5.95 Å². The van der Waals surface area contributed by atoms with Gasteiger partial charge in [-0.3, -0.25) is 0 Å². The Morgan fingerprint density at radius 3 is 2.74 bits per heavy atom. The summed E-state index contributed by atoms with van der Waals surface area (Å²) in [5.41, 5.74) is 0.891. The van der Waals surface area contributed by atoms with Crippen LogP contribution in [0.1, 0.15) is 10.4 Å². The van der Waals surface area contributed by atoms with Crippen LogP contribution in [0.25, 0.3) is 11.1 Å². The molecule has 98 valence electrons. The minimum Gasteiger partial charge on any atom is -0.465 e. The number of aromatic nitrogens is 1. The molecule has 1 aromatic carbocycles. The first-order valence-corrected chi connectivity index (χ1v) is 5.98. The molecule has 3 nitrogen and oxygen atoms in total. The van der Waals surface area contributed by atoms with Gasteiger partial charge in [-0.2, -0.15) is 4.39 Å². The van der Waals surface area contributed by atoms with Crippen LogP contribution < -0.4 is 0 Å². The molecule has 0 atom stereocenters. The van der Waals surface area contributed by atoms with Gasteiger partial charge in [0.1, 0.15) is 0 Å². The summed E-state index contributed by atoms with van der Waals surface area (Å²) in [6.45, 7) is 0. The van der Waals surface area contributed by atoms with Crippen molar-refractivity contribution in [1.29, 1.82) is 0 Å². The van der Waals surface area contributed by atoms with Gasteiger partial charge in [-0.1, -0.05) is 35.3 Å². The number of pyridine rings is 1. The Morgan fingerprint density at radius 2 is 2.05 bits per heavy atom. The van der Waals surface area contributed by atoms with Gasteiger partial charge < -0.3 is 4.74 Å². The number of halogens is 3. The molecule has 0 saturated heterocycles. The van der Waals surface area contributed by atoms with Crippen LogP contribution in [0.15, 0.2) is 30.5 Å². The van der Waals surface area contributed by atoms with E-state index < -0.39 is 11.9 Å². The average molecular weight is 300 g/mol. The van der Waals surface area contributed by atoms with Crippen molar-refractivity contribution in [1.82, 2.24) is 4.98 Å². The predicted octanol–water partition coefficient (Wildman–Crippen LogP) is 3.98. The quantitative estimate of drug-likeness (QED) is 0.622. The van der Waals surface area contributed by atoms with Crippen LogP contribution >= 0.6 is 23.2 Å². The van der Waals surface area contributed by atoms with Crippen molar-refractivity contribution in [3.05, 3.63) is 52.0 Å². The van der Waals surface area contributed by atoms with Crippen LogP contribution in [0.4, 0.5) is 4.39 Å². The van der Waals surface area contributed by atoms with Gasteiger partial charge in [-0.25, -0.2) is 9.78 Å². The number of nitrogens with zero attached hydrogens (tertiary/aromatic N) is 1. The maximum atomic E-state index is 13.2. The first-order chi connectivity index (χ1) is 9.04. The molecule has 0 aliphatic rings. The molecule has 0 radical (unpaired) electrons. The summed E-state index contributed by atoms with van der Waals surface area (Å²) >= 11 is 12.0. The van der Waals surface area contributed by atoms with Crippen molar-refractivity contribution in [2.45, 2.75) is 0 Å². The maximum Gasteiger partial charge on any atom is 0.338 e. The Bertz CT molecular complexity index is 647. The zero-order valence-electron chi connectivity index (χ0n) is 9.78. The largest absolute Gasteiger partial charge is 0.465 e. The van der Waals surface area contributed by atoms with E-state index in [9.17, 15) is 9.18 Å². The van der Waals surface area contributed by atoms with Crippen molar-refractivity contribution >= 4 is 29.2 Å². The van der Waals surface area contributed by atoms with Gasteiger partial charge in [-0.15, -0.1) is 0 Å². The molecule has 0 spiro atoms. The third-order valence-corrected chi connectivity index (χ3v) is 3.34. The predicted molar refractivity (Wildman–Crippen MR) is 71.0 cm³/mol. The van der Waals surface area contributed by atoms with Crippen LogP contribution in [-0.4, -0.2) is 18.1 Å². The number of methoxy groups -OCH3 is 1. The third kappa shape index (κ3) is 2.69. The highest BCUT2D eigenvalue weighted by Crippen LogP contribution is 2.35. The molecular weight excluding hydrogens is 292 g/mol. The molecular formula is C13H8Cl2FNO2. The summed E-state index contributed by atoms with van der Waals surface area (Å²) in [4.78, 5) is 15.2. The highest BCUT2D eigenvalue weighted by Gasteiger charge is 2.18. The summed E-state index contributed by atoms with van der Waals surface area (Å²) in [6, 6.07) is 5.95. The number of benzene rings is 1. The van der Waals surface area contributed by atoms with Crippen LogP contribution in [0.3, 0.4) is 0 Å². The number of hydrogen-bond acceptors (Lipinski definition) is 3. The number of carbonyl (C=O) groups excluding carboxylic acids is 1. The number of rotatable bonds is 2.